The molecule has 8 heteroatoms. The number of hydrogen-bond acceptors (Lipinski definition) is 4. The number of hydrogen-bond donors (Lipinski definition) is 2. The molecule has 4 amide bonds. The second-order valence-electron chi connectivity index (χ2n) is 8.56. The number of amides is 4. The molecule has 1 saturated heterocycles. The lowest BCUT2D eigenvalue weighted by atomic mass is 9.92. The van der Waals surface area contributed by atoms with Crippen molar-refractivity contribution in [1.82, 2.24) is 25.3 Å². The molecule has 0 aliphatic carbocycles. The van der Waals surface area contributed by atoms with E-state index in [9.17, 15) is 14.4 Å². The molecule has 168 valence electrons. The summed E-state index contributed by atoms with van der Waals surface area (Å²) in [4.78, 5) is 43.8. The van der Waals surface area contributed by atoms with Crippen LogP contribution in [-0.2, 0) is 23.3 Å². The van der Waals surface area contributed by atoms with Gasteiger partial charge < -0.3 is 9.88 Å². The first-order valence-electron chi connectivity index (χ1n) is 11.2. The van der Waals surface area contributed by atoms with Gasteiger partial charge in [-0.3, -0.25) is 15.0 Å². The summed E-state index contributed by atoms with van der Waals surface area (Å²) in [5.41, 5.74) is 3.91. The number of carbonyl (C=O) groups is 3. The molecule has 33 heavy (non-hydrogen) atoms. The van der Waals surface area contributed by atoms with Crippen LogP contribution < -0.4 is 10.7 Å². The van der Waals surface area contributed by atoms with Gasteiger partial charge >= 0.3 is 6.03 Å². The lowest BCUT2D eigenvalue weighted by molar-refractivity contribution is -0.132. The summed E-state index contributed by atoms with van der Waals surface area (Å²) in [6, 6.07) is 18.0. The molecule has 0 saturated carbocycles. The molecule has 2 aliphatic heterocycles. The van der Waals surface area contributed by atoms with E-state index in [0.29, 0.717) is 12.0 Å². The average molecular weight is 444 g/mol. The molecule has 0 bridgehead atoms. The number of fused-ring (bicyclic) bond motifs is 1. The van der Waals surface area contributed by atoms with Gasteiger partial charge in [0.05, 0.1) is 5.69 Å². The Morgan fingerprint density at radius 1 is 1.00 bits per heavy atom. The number of hydrazine groups is 1. The molecule has 1 aromatic heterocycles. The zero-order chi connectivity index (χ0) is 23.0. The molecular weight excluding hydrogens is 418 g/mol. The van der Waals surface area contributed by atoms with Crippen molar-refractivity contribution in [2.75, 3.05) is 0 Å². The summed E-state index contributed by atoms with van der Waals surface area (Å²) in [5, 5.41) is 3.47. The first kappa shape index (κ1) is 20.9. The Kier molecular flexibility index (Phi) is 5.20. The zero-order valence-electron chi connectivity index (χ0n) is 18.4. The van der Waals surface area contributed by atoms with Gasteiger partial charge in [-0.25, -0.2) is 9.78 Å². The largest absolute Gasteiger partial charge is 0.344 e. The van der Waals surface area contributed by atoms with Crippen LogP contribution in [0.5, 0.6) is 0 Å². The third-order valence-electron chi connectivity index (χ3n) is 6.37. The standard InChI is InChI=1S/C25H25N5O3/c1-25(18-13-7-3-8-14-18)23(32)30(24(33)27-25)28-22(31)20-19-15-9-4-10-16-29(19)21(26-20)17-11-5-2-6-12-17/h2-3,5-8,11-14H,4,9-10,15-16H2,1H3,(H,27,33)(H,28,31). The highest BCUT2D eigenvalue weighted by atomic mass is 16.2. The Balaban J connectivity index is 1.46. The number of rotatable bonds is 4. The predicted molar refractivity (Wildman–Crippen MR) is 122 cm³/mol. The smallest absolute Gasteiger partial charge is 0.327 e. The summed E-state index contributed by atoms with van der Waals surface area (Å²) >= 11 is 0. The molecule has 2 aromatic carbocycles. The van der Waals surface area contributed by atoms with E-state index in [4.69, 9.17) is 0 Å². The minimum atomic E-state index is -1.26. The van der Waals surface area contributed by atoms with Crippen molar-refractivity contribution < 1.29 is 14.4 Å². The Morgan fingerprint density at radius 3 is 2.42 bits per heavy atom. The maximum atomic E-state index is 13.3. The van der Waals surface area contributed by atoms with Crippen LogP contribution in [0, 0.1) is 0 Å². The Labute approximate surface area is 191 Å². The van der Waals surface area contributed by atoms with Crippen LogP contribution in [0.25, 0.3) is 11.4 Å². The van der Waals surface area contributed by atoms with Crippen LogP contribution in [0.1, 0.15) is 47.9 Å². The Hall–Kier alpha value is -3.94. The van der Waals surface area contributed by atoms with Crippen molar-refractivity contribution in [3.8, 4) is 11.4 Å². The number of benzene rings is 2. The van der Waals surface area contributed by atoms with Crippen LogP contribution >= 0.6 is 0 Å². The fourth-order valence-electron chi connectivity index (χ4n) is 4.57. The highest BCUT2D eigenvalue weighted by molar-refractivity contribution is 6.09. The molecule has 1 unspecified atom stereocenters. The van der Waals surface area contributed by atoms with Crippen molar-refractivity contribution in [3.05, 3.63) is 77.6 Å². The summed E-state index contributed by atoms with van der Waals surface area (Å²) in [6.45, 7) is 2.40. The normalized spacial score (nSPS) is 20.2. The lowest BCUT2D eigenvalue weighted by Crippen LogP contribution is -2.48. The monoisotopic (exact) mass is 443 g/mol. The number of imidazole rings is 1. The van der Waals surface area contributed by atoms with E-state index >= 15 is 0 Å². The van der Waals surface area contributed by atoms with Crippen LogP contribution in [0.15, 0.2) is 60.7 Å². The fourth-order valence-corrected chi connectivity index (χ4v) is 4.57. The van der Waals surface area contributed by atoms with E-state index in [1.54, 1.807) is 31.2 Å². The summed E-state index contributed by atoms with van der Waals surface area (Å²) in [6.07, 6.45) is 3.74. The quantitative estimate of drug-likeness (QED) is 0.604. The molecule has 5 rings (SSSR count). The molecular formula is C25H25N5O3. The highest BCUT2D eigenvalue weighted by Gasteiger charge is 2.50. The van der Waals surface area contributed by atoms with Gasteiger partial charge in [-0.05, 0) is 31.7 Å². The summed E-state index contributed by atoms with van der Waals surface area (Å²) in [5.74, 6) is -0.381. The number of carbonyl (C=O) groups excluding carboxylic acids is 3. The number of aromatic nitrogens is 2. The fraction of sp³-hybridized carbons (Fsp3) is 0.280. The minimum Gasteiger partial charge on any atom is -0.327 e. The second kappa shape index (κ2) is 8.20. The van der Waals surface area contributed by atoms with E-state index < -0.39 is 23.4 Å². The van der Waals surface area contributed by atoms with Crippen LogP contribution in [0.3, 0.4) is 0 Å². The van der Waals surface area contributed by atoms with Crippen molar-refractivity contribution in [2.45, 2.75) is 44.7 Å². The van der Waals surface area contributed by atoms with Crippen LogP contribution in [-0.4, -0.2) is 32.4 Å². The summed E-state index contributed by atoms with van der Waals surface area (Å²) in [7, 11) is 0. The first-order chi connectivity index (χ1) is 16.0. The maximum absolute atomic E-state index is 13.3. The van der Waals surface area contributed by atoms with E-state index in [-0.39, 0.29) is 5.69 Å². The van der Waals surface area contributed by atoms with E-state index in [1.807, 2.05) is 36.4 Å². The lowest BCUT2D eigenvalue weighted by Gasteiger charge is -2.22. The van der Waals surface area contributed by atoms with E-state index in [0.717, 1.165) is 47.9 Å². The van der Waals surface area contributed by atoms with Gasteiger partial charge in [-0.15, -0.1) is 0 Å². The van der Waals surface area contributed by atoms with Gasteiger partial charge in [0.15, 0.2) is 5.69 Å². The number of nitrogens with zero attached hydrogens (tertiary/aromatic N) is 3. The molecule has 3 aromatic rings. The van der Waals surface area contributed by atoms with Gasteiger partial charge in [-0.1, -0.05) is 67.1 Å². The predicted octanol–water partition coefficient (Wildman–Crippen LogP) is 3.39. The van der Waals surface area contributed by atoms with E-state index in [2.05, 4.69) is 20.3 Å². The zero-order valence-corrected chi connectivity index (χ0v) is 18.4. The highest BCUT2D eigenvalue weighted by Crippen LogP contribution is 2.29. The van der Waals surface area contributed by atoms with Gasteiger partial charge in [0.2, 0.25) is 0 Å². The maximum Gasteiger partial charge on any atom is 0.344 e. The Morgan fingerprint density at radius 2 is 1.70 bits per heavy atom. The molecule has 3 heterocycles. The number of imide groups is 1. The number of nitrogens with one attached hydrogen (secondary N) is 2. The third kappa shape index (κ3) is 3.57. The van der Waals surface area contributed by atoms with Gasteiger partial charge in [-0.2, -0.15) is 5.01 Å². The van der Waals surface area contributed by atoms with Crippen LogP contribution in [0.4, 0.5) is 4.79 Å². The van der Waals surface area contributed by atoms with Crippen molar-refractivity contribution in [3.63, 3.8) is 0 Å². The molecule has 1 fully saturated rings. The van der Waals surface area contributed by atoms with Crippen molar-refractivity contribution in [2.24, 2.45) is 0 Å². The van der Waals surface area contributed by atoms with Crippen molar-refractivity contribution in [1.29, 1.82) is 0 Å². The molecule has 0 radical (unpaired) electrons. The van der Waals surface area contributed by atoms with Gasteiger partial charge in [0.25, 0.3) is 11.8 Å². The second-order valence-corrected chi connectivity index (χ2v) is 8.56. The summed E-state index contributed by atoms with van der Waals surface area (Å²) < 4.78 is 2.09. The third-order valence-corrected chi connectivity index (χ3v) is 6.37. The minimum absolute atomic E-state index is 0.254. The molecule has 0 spiro atoms. The molecule has 2 aliphatic rings. The molecule has 2 N–H and O–H groups in total. The van der Waals surface area contributed by atoms with Gasteiger partial charge in [0, 0.05) is 12.1 Å². The average Bonchev–Trinajstić information content (AvgIpc) is 3.17. The Bertz CT molecular complexity index is 1220. The SMILES string of the molecule is CC1(c2ccccc2)NC(=O)N(NC(=O)c2nc(-c3ccccc3)n3c2CCCCC3)C1=O. The van der Waals surface area contributed by atoms with Gasteiger partial charge in [0.1, 0.15) is 11.4 Å². The first-order valence-corrected chi connectivity index (χ1v) is 11.2. The molecule has 8 nitrogen and oxygen atoms in total. The topological polar surface area (TPSA) is 96.3 Å². The van der Waals surface area contributed by atoms with Crippen molar-refractivity contribution >= 4 is 17.8 Å². The molecule has 1 atom stereocenters. The number of urea groups is 1. The van der Waals surface area contributed by atoms with E-state index in [1.165, 1.54) is 0 Å². The van der Waals surface area contributed by atoms with Crippen LogP contribution in [0.2, 0.25) is 0 Å².